The zero-order valence-corrected chi connectivity index (χ0v) is 12.6. The highest BCUT2D eigenvalue weighted by molar-refractivity contribution is 7.99. The fourth-order valence-corrected chi connectivity index (χ4v) is 2.57. The molecule has 19 heavy (non-hydrogen) atoms. The molecular formula is C12H22N4O2S. The van der Waals surface area contributed by atoms with Gasteiger partial charge in [0.05, 0.1) is 5.75 Å². The molecule has 108 valence electrons. The number of rotatable bonds is 8. The van der Waals surface area contributed by atoms with Gasteiger partial charge in [-0.1, -0.05) is 11.8 Å². The molecule has 0 aliphatic carbocycles. The summed E-state index contributed by atoms with van der Waals surface area (Å²) in [5.41, 5.74) is 0. The summed E-state index contributed by atoms with van der Waals surface area (Å²) in [6.45, 7) is 7.42. The van der Waals surface area contributed by atoms with Crippen molar-refractivity contribution in [3.63, 3.8) is 0 Å². The largest absolute Gasteiger partial charge is 0.396 e. The van der Waals surface area contributed by atoms with Gasteiger partial charge >= 0.3 is 0 Å². The van der Waals surface area contributed by atoms with Crippen LogP contribution in [0.2, 0.25) is 0 Å². The first-order valence-corrected chi connectivity index (χ1v) is 7.49. The number of carbonyl (C=O) groups is 1. The SMILES string of the molecule is CCN(CCCO)C(=O)CSc1nncn1C(C)C. The van der Waals surface area contributed by atoms with Crippen molar-refractivity contribution in [3.05, 3.63) is 6.33 Å². The van der Waals surface area contributed by atoms with Crippen LogP contribution >= 0.6 is 11.8 Å². The maximum atomic E-state index is 12.0. The molecule has 1 aromatic rings. The lowest BCUT2D eigenvalue weighted by atomic mass is 10.4. The van der Waals surface area contributed by atoms with Gasteiger partial charge in [-0.3, -0.25) is 4.79 Å². The molecule has 0 atom stereocenters. The van der Waals surface area contributed by atoms with E-state index in [1.807, 2.05) is 11.5 Å². The summed E-state index contributed by atoms with van der Waals surface area (Å²) in [4.78, 5) is 13.8. The maximum Gasteiger partial charge on any atom is 0.233 e. The molecule has 0 fully saturated rings. The van der Waals surface area contributed by atoms with E-state index in [9.17, 15) is 4.79 Å². The Morgan fingerprint density at radius 3 is 2.89 bits per heavy atom. The number of nitrogens with zero attached hydrogens (tertiary/aromatic N) is 4. The van der Waals surface area contributed by atoms with Gasteiger partial charge in [-0.05, 0) is 27.2 Å². The predicted octanol–water partition coefficient (Wildman–Crippen LogP) is 1.18. The molecule has 0 saturated carbocycles. The average molecular weight is 286 g/mol. The summed E-state index contributed by atoms with van der Waals surface area (Å²) >= 11 is 1.40. The minimum Gasteiger partial charge on any atom is -0.396 e. The standard InChI is InChI=1S/C12H22N4O2S/c1-4-15(6-5-7-17)11(18)8-19-12-14-13-9-16(12)10(2)3/h9-10,17H,4-8H2,1-3H3. The molecule has 0 bridgehead atoms. The Morgan fingerprint density at radius 1 is 1.58 bits per heavy atom. The average Bonchev–Trinajstić information content (AvgIpc) is 2.85. The molecule has 0 aromatic carbocycles. The lowest BCUT2D eigenvalue weighted by molar-refractivity contribution is -0.128. The summed E-state index contributed by atoms with van der Waals surface area (Å²) in [5, 5.41) is 17.5. The van der Waals surface area contributed by atoms with Crippen molar-refractivity contribution in [2.24, 2.45) is 0 Å². The molecule has 0 saturated heterocycles. The topological polar surface area (TPSA) is 71.2 Å². The van der Waals surface area contributed by atoms with Crippen LogP contribution in [0.5, 0.6) is 0 Å². The zero-order chi connectivity index (χ0) is 14.3. The Morgan fingerprint density at radius 2 is 2.32 bits per heavy atom. The molecule has 1 N–H and O–H groups in total. The lowest BCUT2D eigenvalue weighted by Crippen LogP contribution is -2.33. The van der Waals surface area contributed by atoms with Gasteiger partial charge in [0.2, 0.25) is 5.91 Å². The van der Waals surface area contributed by atoms with Crippen LogP contribution in [0.4, 0.5) is 0 Å². The summed E-state index contributed by atoms with van der Waals surface area (Å²) in [6.07, 6.45) is 2.30. The summed E-state index contributed by atoms with van der Waals surface area (Å²) in [6, 6.07) is 0.282. The van der Waals surface area contributed by atoms with E-state index in [2.05, 4.69) is 24.0 Å². The van der Waals surface area contributed by atoms with Crippen molar-refractivity contribution in [1.82, 2.24) is 19.7 Å². The van der Waals surface area contributed by atoms with Crippen molar-refractivity contribution in [2.75, 3.05) is 25.4 Å². The third kappa shape index (κ3) is 4.83. The monoisotopic (exact) mass is 286 g/mol. The molecule has 0 radical (unpaired) electrons. The Labute approximate surface area is 118 Å². The van der Waals surface area contributed by atoms with E-state index < -0.39 is 0 Å². The second-order valence-corrected chi connectivity index (χ2v) is 5.40. The van der Waals surface area contributed by atoms with E-state index in [1.165, 1.54) is 11.8 Å². The van der Waals surface area contributed by atoms with Gasteiger partial charge < -0.3 is 14.6 Å². The van der Waals surface area contributed by atoms with Crippen LogP contribution in [0, 0.1) is 0 Å². The van der Waals surface area contributed by atoms with Crippen molar-refractivity contribution in [3.8, 4) is 0 Å². The van der Waals surface area contributed by atoms with Crippen LogP contribution in [-0.4, -0.2) is 56.1 Å². The second kappa shape index (κ2) is 8.16. The number of aromatic nitrogens is 3. The van der Waals surface area contributed by atoms with Crippen molar-refractivity contribution in [2.45, 2.75) is 38.4 Å². The number of hydrogen-bond acceptors (Lipinski definition) is 5. The van der Waals surface area contributed by atoms with Crippen molar-refractivity contribution in [1.29, 1.82) is 0 Å². The Hall–Kier alpha value is -1.08. The second-order valence-electron chi connectivity index (χ2n) is 4.45. The van der Waals surface area contributed by atoms with Gasteiger partial charge in [0, 0.05) is 25.7 Å². The van der Waals surface area contributed by atoms with Gasteiger partial charge in [0.1, 0.15) is 6.33 Å². The molecule has 0 aliphatic heterocycles. The maximum absolute atomic E-state index is 12.0. The third-order valence-electron chi connectivity index (χ3n) is 2.74. The molecule has 1 amide bonds. The van der Waals surface area contributed by atoms with E-state index in [1.54, 1.807) is 11.2 Å². The fraction of sp³-hybridized carbons (Fsp3) is 0.750. The minimum atomic E-state index is 0.0688. The highest BCUT2D eigenvalue weighted by Gasteiger charge is 2.14. The Bertz CT molecular complexity index is 395. The summed E-state index contributed by atoms with van der Waals surface area (Å²) in [7, 11) is 0. The molecule has 1 rings (SSSR count). The van der Waals surface area contributed by atoms with Crippen LogP contribution in [0.1, 0.15) is 33.2 Å². The number of amides is 1. The zero-order valence-electron chi connectivity index (χ0n) is 11.7. The van der Waals surface area contributed by atoms with Crippen LogP contribution in [-0.2, 0) is 4.79 Å². The van der Waals surface area contributed by atoms with E-state index in [-0.39, 0.29) is 18.6 Å². The Balaban J connectivity index is 2.50. The van der Waals surface area contributed by atoms with Gasteiger partial charge in [-0.2, -0.15) is 0 Å². The molecule has 0 aliphatic rings. The smallest absolute Gasteiger partial charge is 0.233 e. The fourth-order valence-electron chi connectivity index (χ4n) is 1.63. The van der Waals surface area contributed by atoms with Crippen LogP contribution in [0.25, 0.3) is 0 Å². The molecule has 7 heteroatoms. The van der Waals surface area contributed by atoms with Gasteiger partial charge in [-0.25, -0.2) is 0 Å². The van der Waals surface area contributed by atoms with Crippen LogP contribution in [0.3, 0.4) is 0 Å². The normalized spacial score (nSPS) is 11.0. The first-order valence-electron chi connectivity index (χ1n) is 6.51. The van der Waals surface area contributed by atoms with E-state index in [4.69, 9.17) is 5.11 Å². The molecule has 1 heterocycles. The molecule has 6 nitrogen and oxygen atoms in total. The highest BCUT2D eigenvalue weighted by Crippen LogP contribution is 2.19. The predicted molar refractivity (Wildman–Crippen MR) is 75.1 cm³/mol. The first kappa shape index (κ1) is 16.0. The van der Waals surface area contributed by atoms with Gasteiger partial charge in [0.25, 0.3) is 0 Å². The third-order valence-corrected chi connectivity index (χ3v) is 3.68. The van der Waals surface area contributed by atoms with Crippen LogP contribution in [0.15, 0.2) is 11.5 Å². The number of aliphatic hydroxyl groups is 1. The number of aliphatic hydroxyl groups excluding tert-OH is 1. The first-order chi connectivity index (χ1) is 9.10. The molecular weight excluding hydrogens is 264 g/mol. The van der Waals surface area contributed by atoms with Gasteiger partial charge in [-0.15, -0.1) is 10.2 Å². The summed E-state index contributed by atoms with van der Waals surface area (Å²) in [5.74, 6) is 0.421. The number of thioether (sulfide) groups is 1. The minimum absolute atomic E-state index is 0.0688. The van der Waals surface area contributed by atoms with E-state index >= 15 is 0 Å². The summed E-state index contributed by atoms with van der Waals surface area (Å²) < 4.78 is 1.95. The van der Waals surface area contributed by atoms with E-state index in [0.29, 0.717) is 25.3 Å². The quantitative estimate of drug-likeness (QED) is 0.727. The molecule has 1 aromatic heterocycles. The molecule has 0 spiro atoms. The number of hydrogen-bond donors (Lipinski definition) is 1. The highest BCUT2D eigenvalue weighted by atomic mass is 32.2. The van der Waals surface area contributed by atoms with Crippen molar-refractivity contribution < 1.29 is 9.90 Å². The Kier molecular flexibility index (Phi) is 6.86. The van der Waals surface area contributed by atoms with Gasteiger partial charge in [0.15, 0.2) is 5.16 Å². The molecule has 0 unspecified atom stereocenters. The van der Waals surface area contributed by atoms with Crippen molar-refractivity contribution >= 4 is 17.7 Å². The number of carbonyl (C=O) groups excluding carboxylic acids is 1. The van der Waals surface area contributed by atoms with E-state index in [0.717, 1.165) is 5.16 Å². The van der Waals surface area contributed by atoms with Crippen LogP contribution < -0.4 is 0 Å². The lowest BCUT2D eigenvalue weighted by Gasteiger charge is -2.20.